The molecule has 3 heterocycles. The van der Waals surface area contributed by atoms with Gasteiger partial charge in [-0.25, -0.2) is 0 Å². The summed E-state index contributed by atoms with van der Waals surface area (Å²) in [6.07, 6.45) is 4.42. The summed E-state index contributed by atoms with van der Waals surface area (Å²) in [5.41, 5.74) is 1.07. The number of carbonyl (C=O) groups excluding carboxylic acids is 2. The number of benzene rings is 1. The number of likely N-dealkylation sites (tertiary alicyclic amines) is 1. The highest BCUT2D eigenvalue weighted by Gasteiger charge is 2.47. The number of aromatic nitrogens is 1. The molecule has 2 saturated heterocycles. The summed E-state index contributed by atoms with van der Waals surface area (Å²) in [6, 6.07) is 9.18. The lowest BCUT2D eigenvalue weighted by molar-refractivity contribution is -0.605. The molecule has 0 radical (unpaired) electrons. The number of pyridine rings is 1. The molecule has 174 valence electrons. The Bertz CT molecular complexity index is 1100. The van der Waals surface area contributed by atoms with E-state index in [0.717, 1.165) is 18.4 Å². The number of nitrogens with one attached hydrogen (secondary N) is 2. The third-order valence-electron chi connectivity index (χ3n) is 6.64. The minimum atomic E-state index is -1.08. The van der Waals surface area contributed by atoms with Crippen molar-refractivity contribution in [1.29, 1.82) is 5.41 Å². The standard InChI is InChI=1S/C24H29N5O4/c1-16(30)27-9-7-17(8-10-27)13-29-22(31)24(2,26-23(29)25)20-6-4-5-18(11-20)19-12-21(33-3)15-28(32)14-19/h4-6,11-12,14-15,17H,7-10,13H2,1-3H3,(H2,25,26). The Balaban J connectivity index is 1.54. The Morgan fingerprint density at radius 1 is 1.27 bits per heavy atom. The topological polar surface area (TPSA) is 113 Å². The van der Waals surface area contributed by atoms with Crippen molar-refractivity contribution < 1.29 is 19.1 Å². The van der Waals surface area contributed by atoms with Gasteiger partial charge < -0.3 is 20.2 Å². The van der Waals surface area contributed by atoms with Crippen molar-refractivity contribution in [2.75, 3.05) is 26.7 Å². The number of guanidine groups is 1. The molecule has 2 aliphatic heterocycles. The molecule has 0 bridgehead atoms. The molecule has 1 aromatic carbocycles. The van der Waals surface area contributed by atoms with Crippen molar-refractivity contribution in [3.8, 4) is 16.9 Å². The van der Waals surface area contributed by atoms with E-state index in [1.54, 1.807) is 19.9 Å². The second-order valence-corrected chi connectivity index (χ2v) is 8.87. The van der Waals surface area contributed by atoms with Gasteiger partial charge in [0, 0.05) is 32.6 Å². The molecule has 2 fully saturated rings. The molecule has 4 rings (SSSR count). The maximum Gasteiger partial charge on any atom is 0.259 e. The number of rotatable bonds is 5. The van der Waals surface area contributed by atoms with Crippen molar-refractivity contribution in [1.82, 2.24) is 15.1 Å². The summed E-state index contributed by atoms with van der Waals surface area (Å²) in [5, 5.41) is 23.5. The molecule has 9 nitrogen and oxygen atoms in total. The molecular weight excluding hydrogens is 422 g/mol. The predicted molar refractivity (Wildman–Crippen MR) is 122 cm³/mol. The maximum absolute atomic E-state index is 13.5. The Morgan fingerprint density at radius 3 is 2.67 bits per heavy atom. The second kappa shape index (κ2) is 8.73. The van der Waals surface area contributed by atoms with Gasteiger partial charge in [0.15, 0.2) is 17.9 Å². The van der Waals surface area contributed by atoms with Crippen molar-refractivity contribution in [3.63, 3.8) is 0 Å². The molecule has 9 heteroatoms. The first-order chi connectivity index (χ1) is 15.7. The monoisotopic (exact) mass is 451 g/mol. The Hall–Kier alpha value is -3.62. The van der Waals surface area contributed by atoms with Crippen LogP contribution < -0.4 is 14.8 Å². The smallest absolute Gasteiger partial charge is 0.259 e. The fourth-order valence-electron chi connectivity index (χ4n) is 4.59. The number of nitrogens with zero attached hydrogens (tertiary/aromatic N) is 3. The van der Waals surface area contributed by atoms with Crippen molar-refractivity contribution in [3.05, 3.63) is 53.5 Å². The van der Waals surface area contributed by atoms with Gasteiger partial charge in [0.05, 0.1) is 12.7 Å². The summed E-state index contributed by atoms with van der Waals surface area (Å²) < 4.78 is 5.89. The van der Waals surface area contributed by atoms with Crippen LogP contribution in [0.15, 0.2) is 42.7 Å². The Labute approximate surface area is 193 Å². The lowest BCUT2D eigenvalue weighted by Crippen LogP contribution is -2.43. The van der Waals surface area contributed by atoms with Crippen LogP contribution >= 0.6 is 0 Å². The van der Waals surface area contributed by atoms with Crippen LogP contribution in [-0.2, 0) is 15.1 Å². The van der Waals surface area contributed by atoms with Crippen LogP contribution in [0.2, 0.25) is 0 Å². The molecule has 0 aliphatic carbocycles. The summed E-state index contributed by atoms with van der Waals surface area (Å²) in [4.78, 5) is 28.4. The third-order valence-corrected chi connectivity index (χ3v) is 6.64. The normalized spacial score (nSPS) is 21.3. The van der Waals surface area contributed by atoms with Crippen LogP contribution in [0.1, 0.15) is 32.3 Å². The van der Waals surface area contributed by atoms with E-state index in [0.29, 0.717) is 41.2 Å². The minimum Gasteiger partial charge on any atom is -0.619 e. The van der Waals surface area contributed by atoms with E-state index in [4.69, 9.17) is 10.1 Å². The highest BCUT2D eigenvalue weighted by Crippen LogP contribution is 2.33. The van der Waals surface area contributed by atoms with E-state index < -0.39 is 5.54 Å². The van der Waals surface area contributed by atoms with Crippen LogP contribution in [0.5, 0.6) is 5.75 Å². The predicted octanol–water partition coefficient (Wildman–Crippen LogP) is 1.84. The molecule has 2 aromatic rings. The van der Waals surface area contributed by atoms with Gasteiger partial charge in [0.2, 0.25) is 12.1 Å². The van der Waals surface area contributed by atoms with Crippen molar-refractivity contribution in [2.24, 2.45) is 5.92 Å². The van der Waals surface area contributed by atoms with Gasteiger partial charge >= 0.3 is 0 Å². The fourth-order valence-corrected chi connectivity index (χ4v) is 4.59. The number of piperidine rings is 1. The second-order valence-electron chi connectivity index (χ2n) is 8.87. The largest absolute Gasteiger partial charge is 0.619 e. The maximum atomic E-state index is 13.5. The van der Waals surface area contributed by atoms with Gasteiger partial charge in [-0.05, 0) is 42.9 Å². The molecule has 0 saturated carbocycles. The van der Waals surface area contributed by atoms with E-state index in [1.165, 1.54) is 24.4 Å². The average Bonchev–Trinajstić information content (AvgIpc) is 3.03. The molecule has 0 spiro atoms. The first kappa shape index (κ1) is 22.6. The van der Waals surface area contributed by atoms with Gasteiger partial charge in [0.1, 0.15) is 5.54 Å². The van der Waals surface area contributed by atoms with Crippen LogP contribution in [-0.4, -0.2) is 54.3 Å². The third kappa shape index (κ3) is 4.35. The lowest BCUT2D eigenvalue weighted by Gasteiger charge is -2.33. The number of methoxy groups -OCH3 is 1. The van der Waals surface area contributed by atoms with Crippen LogP contribution in [0.4, 0.5) is 0 Å². The van der Waals surface area contributed by atoms with E-state index in [9.17, 15) is 14.8 Å². The summed E-state index contributed by atoms with van der Waals surface area (Å²) in [7, 11) is 1.50. The Kier molecular flexibility index (Phi) is 5.97. The van der Waals surface area contributed by atoms with Gasteiger partial charge in [-0.1, -0.05) is 18.2 Å². The number of hydrogen-bond acceptors (Lipinski definition) is 5. The lowest BCUT2D eigenvalue weighted by atomic mass is 9.89. The van der Waals surface area contributed by atoms with Gasteiger partial charge in [0.25, 0.3) is 5.91 Å². The van der Waals surface area contributed by atoms with Gasteiger partial charge in [-0.3, -0.25) is 19.9 Å². The van der Waals surface area contributed by atoms with E-state index in [1.807, 2.05) is 29.2 Å². The number of carbonyl (C=O) groups is 2. The van der Waals surface area contributed by atoms with Crippen LogP contribution in [0, 0.1) is 16.5 Å². The molecule has 2 N–H and O–H groups in total. The van der Waals surface area contributed by atoms with E-state index in [-0.39, 0.29) is 23.7 Å². The average molecular weight is 452 g/mol. The van der Waals surface area contributed by atoms with Gasteiger partial charge in [-0.15, -0.1) is 0 Å². The zero-order valence-corrected chi connectivity index (χ0v) is 19.1. The van der Waals surface area contributed by atoms with Gasteiger partial charge in [-0.2, -0.15) is 4.73 Å². The number of ether oxygens (including phenoxy) is 1. The zero-order chi connectivity index (χ0) is 23.8. The molecular formula is C24H29N5O4. The minimum absolute atomic E-state index is 0.0751. The molecule has 2 aliphatic rings. The Morgan fingerprint density at radius 2 is 2.00 bits per heavy atom. The zero-order valence-electron chi connectivity index (χ0n) is 19.1. The first-order valence-corrected chi connectivity index (χ1v) is 11.0. The summed E-state index contributed by atoms with van der Waals surface area (Å²) >= 11 is 0. The summed E-state index contributed by atoms with van der Waals surface area (Å²) in [5.74, 6) is 0.664. The molecule has 1 unspecified atom stereocenters. The van der Waals surface area contributed by atoms with Crippen molar-refractivity contribution >= 4 is 17.8 Å². The van der Waals surface area contributed by atoms with Crippen molar-refractivity contribution in [2.45, 2.75) is 32.2 Å². The molecule has 33 heavy (non-hydrogen) atoms. The van der Waals surface area contributed by atoms with Crippen LogP contribution in [0.25, 0.3) is 11.1 Å². The molecule has 2 amide bonds. The highest BCUT2D eigenvalue weighted by molar-refractivity contribution is 6.08. The first-order valence-electron chi connectivity index (χ1n) is 11.0. The number of hydrogen-bond donors (Lipinski definition) is 2. The number of amides is 2. The van der Waals surface area contributed by atoms with Crippen LogP contribution in [0.3, 0.4) is 0 Å². The fraction of sp³-hybridized carbons (Fsp3) is 0.417. The van der Waals surface area contributed by atoms with E-state index in [2.05, 4.69) is 5.32 Å². The SMILES string of the molecule is COc1cc(-c2cccc(C3(C)NC(=N)N(CC4CCN(C(C)=O)CC4)C3=O)c2)c[n+]([O-])c1. The quantitative estimate of drug-likeness (QED) is 0.532. The summed E-state index contributed by atoms with van der Waals surface area (Å²) in [6.45, 7) is 5.18. The molecule has 1 atom stereocenters. The highest BCUT2D eigenvalue weighted by atomic mass is 16.5. The van der Waals surface area contributed by atoms with E-state index >= 15 is 0 Å². The molecule has 1 aromatic heterocycles.